The van der Waals surface area contributed by atoms with Gasteiger partial charge >= 0.3 is 0 Å². The largest absolute Gasteiger partial charge is 0.380 e. The Morgan fingerprint density at radius 3 is 2.81 bits per heavy atom. The number of nitrogens with one attached hydrogen (secondary N) is 1. The second-order valence-corrected chi connectivity index (χ2v) is 5.73. The predicted octanol–water partition coefficient (Wildman–Crippen LogP) is 4.84. The van der Waals surface area contributed by atoms with Gasteiger partial charge in [-0.1, -0.05) is 24.4 Å². The SMILES string of the molecule is CC(CC1CC1)Nc1c(Cl)cc(F)cc1Br. The lowest BCUT2D eigenvalue weighted by Crippen LogP contribution is -2.16. The van der Waals surface area contributed by atoms with Gasteiger partial charge in [0, 0.05) is 10.5 Å². The van der Waals surface area contributed by atoms with Crippen molar-refractivity contribution in [2.45, 2.75) is 32.2 Å². The van der Waals surface area contributed by atoms with Crippen molar-refractivity contribution in [2.24, 2.45) is 5.92 Å². The van der Waals surface area contributed by atoms with Gasteiger partial charge in [0.15, 0.2) is 0 Å². The highest BCUT2D eigenvalue weighted by Gasteiger charge is 2.24. The normalized spacial score (nSPS) is 17.2. The van der Waals surface area contributed by atoms with Crippen molar-refractivity contribution >= 4 is 33.2 Å². The maximum atomic E-state index is 13.0. The summed E-state index contributed by atoms with van der Waals surface area (Å²) in [5, 5.41) is 3.76. The van der Waals surface area contributed by atoms with Gasteiger partial charge in [-0.15, -0.1) is 0 Å². The van der Waals surface area contributed by atoms with Crippen LogP contribution in [0.15, 0.2) is 16.6 Å². The number of halogens is 3. The van der Waals surface area contributed by atoms with Crippen LogP contribution in [0.5, 0.6) is 0 Å². The number of anilines is 1. The van der Waals surface area contributed by atoms with Crippen molar-refractivity contribution in [2.75, 3.05) is 5.32 Å². The Morgan fingerprint density at radius 1 is 1.56 bits per heavy atom. The molecule has 0 aromatic heterocycles. The monoisotopic (exact) mass is 305 g/mol. The van der Waals surface area contributed by atoms with Crippen molar-refractivity contribution in [3.63, 3.8) is 0 Å². The van der Waals surface area contributed by atoms with Crippen LogP contribution in [0.2, 0.25) is 5.02 Å². The van der Waals surface area contributed by atoms with Crippen molar-refractivity contribution < 1.29 is 4.39 Å². The van der Waals surface area contributed by atoms with Gasteiger partial charge < -0.3 is 5.32 Å². The molecule has 1 aliphatic rings. The van der Waals surface area contributed by atoms with Crippen LogP contribution < -0.4 is 5.32 Å². The second-order valence-electron chi connectivity index (χ2n) is 4.47. The number of hydrogen-bond acceptors (Lipinski definition) is 1. The molecule has 16 heavy (non-hydrogen) atoms. The highest BCUT2D eigenvalue weighted by atomic mass is 79.9. The first-order valence-electron chi connectivity index (χ1n) is 5.47. The van der Waals surface area contributed by atoms with Crippen molar-refractivity contribution in [3.05, 3.63) is 27.4 Å². The molecule has 1 saturated carbocycles. The Hall–Kier alpha value is -0.280. The highest BCUT2D eigenvalue weighted by Crippen LogP contribution is 2.36. The van der Waals surface area contributed by atoms with Crippen LogP contribution in [-0.2, 0) is 0 Å². The first-order valence-corrected chi connectivity index (χ1v) is 6.64. The van der Waals surface area contributed by atoms with Gasteiger partial charge in [0.1, 0.15) is 5.82 Å². The average Bonchev–Trinajstić information content (AvgIpc) is 2.95. The molecule has 1 aromatic carbocycles. The lowest BCUT2D eigenvalue weighted by Gasteiger charge is -2.17. The van der Waals surface area contributed by atoms with Crippen LogP contribution in [0, 0.1) is 11.7 Å². The average molecular weight is 307 g/mol. The van der Waals surface area contributed by atoms with Crippen LogP contribution in [0.1, 0.15) is 26.2 Å². The standard InChI is InChI=1S/C12H14BrClFN/c1-7(4-8-2-3-8)16-12-10(13)5-9(15)6-11(12)14/h5-8,16H,2-4H2,1H3. The zero-order valence-electron chi connectivity index (χ0n) is 9.06. The third-order valence-electron chi connectivity index (χ3n) is 2.78. The third kappa shape index (κ3) is 3.11. The molecule has 1 N–H and O–H groups in total. The van der Waals surface area contributed by atoms with Gasteiger partial charge in [-0.05, 0) is 47.3 Å². The van der Waals surface area contributed by atoms with E-state index in [9.17, 15) is 4.39 Å². The molecule has 0 amide bonds. The molecule has 1 aromatic rings. The van der Waals surface area contributed by atoms with Crippen LogP contribution >= 0.6 is 27.5 Å². The molecule has 0 saturated heterocycles. The summed E-state index contributed by atoms with van der Waals surface area (Å²) in [7, 11) is 0. The molecule has 1 fully saturated rings. The van der Waals surface area contributed by atoms with Crippen LogP contribution in [0.3, 0.4) is 0 Å². The molecule has 2 rings (SSSR count). The fourth-order valence-corrected chi connectivity index (χ4v) is 2.76. The predicted molar refractivity (Wildman–Crippen MR) is 69.5 cm³/mol. The molecule has 88 valence electrons. The smallest absolute Gasteiger partial charge is 0.125 e. The molecule has 0 spiro atoms. The van der Waals surface area contributed by atoms with E-state index >= 15 is 0 Å². The Bertz CT molecular complexity index is 370. The van der Waals surface area contributed by atoms with E-state index in [1.54, 1.807) is 0 Å². The number of hydrogen-bond donors (Lipinski definition) is 1. The van der Waals surface area contributed by atoms with E-state index in [2.05, 4.69) is 28.2 Å². The van der Waals surface area contributed by atoms with E-state index in [0.717, 1.165) is 18.0 Å². The Kier molecular flexibility index (Phi) is 3.75. The minimum absolute atomic E-state index is 0.322. The maximum Gasteiger partial charge on any atom is 0.125 e. The van der Waals surface area contributed by atoms with E-state index in [1.807, 2.05) is 0 Å². The number of rotatable bonds is 4. The molecular formula is C12H14BrClFN. The second kappa shape index (κ2) is 4.92. The lowest BCUT2D eigenvalue weighted by molar-refractivity contribution is 0.625. The van der Waals surface area contributed by atoms with Crippen LogP contribution in [0.25, 0.3) is 0 Å². The van der Waals surface area contributed by atoms with E-state index < -0.39 is 0 Å². The van der Waals surface area contributed by atoms with Crippen molar-refractivity contribution in [1.82, 2.24) is 0 Å². The van der Waals surface area contributed by atoms with E-state index in [1.165, 1.54) is 25.0 Å². The highest BCUT2D eigenvalue weighted by molar-refractivity contribution is 9.10. The van der Waals surface area contributed by atoms with Gasteiger partial charge in [-0.25, -0.2) is 4.39 Å². The van der Waals surface area contributed by atoms with E-state index in [0.29, 0.717) is 15.5 Å². The summed E-state index contributed by atoms with van der Waals surface area (Å²) in [4.78, 5) is 0. The van der Waals surface area contributed by atoms with Gasteiger partial charge in [-0.3, -0.25) is 0 Å². The van der Waals surface area contributed by atoms with Crippen LogP contribution in [-0.4, -0.2) is 6.04 Å². The zero-order valence-corrected chi connectivity index (χ0v) is 11.4. The lowest BCUT2D eigenvalue weighted by atomic mass is 10.1. The van der Waals surface area contributed by atoms with Gasteiger partial charge in [0.05, 0.1) is 10.7 Å². The fourth-order valence-electron chi connectivity index (χ4n) is 1.84. The molecule has 1 unspecified atom stereocenters. The first-order chi connectivity index (χ1) is 7.56. The maximum absolute atomic E-state index is 13.0. The fraction of sp³-hybridized carbons (Fsp3) is 0.500. The van der Waals surface area contributed by atoms with Gasteiger partial charge in [0.25, 0.3) is 0 Å². The summed E-state index contributed by atoms with van der Waals surface area (Å²) in [6.45, 7) is 2.13. The molecule has 0 aliphatic heterocycles. The Balaban J connectivity index is 2.07. The van der Waals surface area contributed by atoms with E-state index in [4.69, 9.17) is 11.6 Å². The molecule has 4 heteroatoms. The van der Waals surface area contributed by atoms with Gasteiger partial charge in [-0.2, -0.15) is 0 Å². The van der Waals surface area contributed by atoms with E-state index in [-0.39, 0.29) is 5.82 Å². The van der Waals surface area contributed by atoms with Gasteiger partial charge in [0.2, 0.25) is 0 Å². The quantitative estimate of drug-likeness (QED) is 0.839. The zero-order chi connectivity index (χ0) is 11.7. The summed E-state index contributed by atoms with van der Waals surface area (Å²) in [6, 6.07) is 3.13. The summed E-state index contributed by atoms with van der Waals surface area (Å²) < 4.78 is 13.7. The molecule has 0 radical (unpaired) electrons. The molecular weight excluding hydrogens is 292 g/mol. The Morgan fingerprint density at radius 2 is 2.25 bits per heavy atom. The summed E-state index contributed by atoms with van der Waals surface area (Å²) in [5.41, 5.74) is 0.788. The summed E-state index contributed by atoms with van der Waals surface area (Å²) in [5.74, 6) is 0.540. The molecule has 0 heterocycles. The molecule has 1 aliphatic carbocycles. The first kappa shape index (κ1) is 12.2. The molecule has 1 nitrogen and oxygen atoms in total. The van der Waals surface area contributed by atoms with Crippen molar-refractivity contribution in [3.8, 4) is 0 Å². The minimum Gasteiger partial charge on any atom is -0.380 e. The summed E-state index contributed by atoms with van der Waals surface area (Å²) in [6.07, 6.45) is 3.83. The Labute approximate surface area is 109 Å². The molecule has 1 atom stereocenters. The molecule has 0 bridgehead atoms. The topological polar surface area (TPSA) is 12.0 Å². The third-order valence-corrected chi connectivity index (χ3v) is 3.70. The number of benzene rings is 1. The van der Waals surface area contributed by atoms with Crippen LogP contribution in [0.4, 0.5) is 10.1 Å². The van der Waals surface area contributed by atoms with Crippen molar-refractivity contribution in [1.29, 1.82) is 0 Å². The summed E-state index contributed by atoms with van der Waals surface area (Å²) >= 11 is 9.32. The minimum atomic E-state index is -0.322.